The molecule has 2 aromatic carbocycles. The second-order valence-corrected chi connectivity index (χ2v) is 4.89. The van der Waals surface area contributed by atoms with Crippen LogP contribution in [-0.4, -0.2) is 5.91 Å². The Hall–Kier alpha value is -1.71. The van der Waals surface area contributed by atoms with E-state index in [-0.39, 0.29) is 0 Å². The number of rotatable bonds is 4. The van der Waals surface area contributed by atoms with Crippen LogP contribution in [0, 0.1) is 0 Å². The van der Waals surface area contributed by atoms with Gasteiger partial charge in [-0.2, -0.15) is 0 Å². The first-order valence-corrected chi connectivity index (χ1v) is 6.39. The van der Waals surface area contributed by atoms with E-state index in [0.29, 0.717) is 22.2 Å². The molecule has 19 heavy (non-hydrogen) atoms. The summed E-state index contributed by atoms with van der Waals surface area (Å²) in [5, 5.41) is 4.22. The first kappa shape index (κ1) is 13.7. The van der Waals surface area contributed by atoms with Gasteiger partial charge >= 0.3 is 0 Å². The largest absolute Gasteiger partial charge is 0.381 e. The highest BCUT2D eigenvalue weighted by atomic mass is 35.5. The molecule has 0 heterocycles. The molecule has 0 aliphatic carbocycles. The van der Waals surface area contributed by atoms with Crippen molar-refractivity contribution in [2.45, 2.75) is 6.54 Å². The van der Waals surface area contributed by atoms with Crippen molar-refractivity contribution in [2.75, 3.05) is 5.32 Å². The van der Waals surface area contributed by atoms with Gasteiger partial charge in [0.2, 0.25) is 5.91 Å². The highest BCUT2D eigenvalue weighted by Gasteiger charge is 2.07. The first-order valence-electron chi connectivity index (χ1n) is 5.64. The summed E-state index contributed by atoms with van der Waals surface area (Å²) >= 11 is 11.8. The third kappa shape index (κ3) is 3.63. The van der Waals surface area contributed by atoms with Gasteiger partial charge in [0, 0.05) is 17.3 Å². The van der Waals surface area contributed by atoms with Crippen molar-refractivity contribution in [1.29, 1.82) is 0 Å². The van der Waals surface area contributed by atoms with E-state index in [0.717, 1.165) is 11.3 Å². The minimum absolute atomic E-state index is 0.303. The molecule has 0 bridgehead atoms. The van der Waals surface area contributed by atoms with Gasteiger partial charge in [0.25, 0.3) is 0 Å². The summed E-state index contributed by atoms with van der Waals surface area (Å²) in [6.45, 7) is 0.598. The molecule has 98 valence electrons. The monoisotopic (exact) mass is 294 g/mol. The predicted octanol–water partition coefficient (Wildman–Crippen LogP) is 3.70. The molecular weight excluding hydrogens is 283 g/mol. The lowest BCUT2D eigenvalue weighted by molar-refractivity contribution is 0.100. The number of benzene rings is 2. The lowest BCUT2D eigenvalue weighted by Gasteiger charge is -2.09. The Morgan fingerprint density at radius 3 is 2.63 bits per heavy atom. The van der Waals surface area contributed by atoms with Crippen molar-refractivity contribution in [3.63, 3.8) is 0 Å². The fraction of sp³-hybridized carbons (Fsp3) is 0.0714. The maximum Gasteiger partial charge on any atom is 0.250 e. The molecular formula is C14H12Cl2N2O. The number of carbonyl (C=O) groups excluding carboxylic acids is 1. The number of hydrogen-bond acceptors (Lipinski definition) is 2. The average Bonchev–Trinajstić information content (AvgIpc) is 2.37. The molecule has 2 rings (SSSR count). The summed E-state index contributed by atoms with van der Waals surface area (Å²) in [5.41, 5.74) is 7.37. The number of carbonyl (C=O) groups is 1. The molecule has 0 fully saturated rings. The Morgan fingerprint density at radius 1 is 1.16 bits per heavy atom. The molecule has 0 aromatic heterocycles. The van der Waals surface area contributed by atoms with Crippen molar-refractivity contribution in [1.82, 2.24) is 0 Å². The topological polar surface area (TPSA) is 55.1 Å². The van der Waals surface area contributed by atoms with Crippen LogP contribution in [0.3, 0.4) is 0 Å². The molecule has 0 aliphatic rings. The van der Waals surface area contributed by atoms with E-state index in [4.69, 9.17) is 28.9 Å². The standard InChI is InChI=1S/C14H12Cl2N2O/c15-10-3-1-2-9(6-10)8-18-11-4-5-13(16)12(7-11)14(17)19/h1-7,18H,8H2,(H2,17,19). The third-order valence-electron chi connectivity index (χ3n) is 2.62. The maximum atomic E-state index is 11.2. The van der Waals surface area contributed by atoms with Crippen LogP contribution in [-0.2, 0) is 6.54 Å². The minimum atomic E-state index is -0.545. The van der Waals surface area contributed by atoms with Crippen LogP contribution in [0.2, 0.25) is 10.0 Å². The van der Waals surface area contributed by atoms with E-state index in [2.05, 4.69) is 5.32 Å². The summed E-state index contributed by atoms with van der Waals surface area (Å²) in [6.07, 6.45) is 0. The van der Waals surface area contributed by atoms with Crippen molar-refractivity contribution >= 4 is 34.8 Å². The van der Waals surface area contributed by atoms with Gasteiger partial charge in [0.15, 0.2) is 0 Å². The number of primary amides is 1. The smallest absolute Gasteiger partial charge is 0.250 e. The molecule has 0 aliphatic heterocycles. The summed E-state index contributed by atoms with van der Waals surface area (Å²) in [6, 6.07) is 12.6. The van der Waals surface area contributed by atoms with Crippen LogP contribution in [0.1, 0.15) is 15.9 Å². The Morgan fingerprint density at radius 2 is 1.95 bits per heavy atom. The number of hydrogen-bond donors (Lipinski definition) is 2. The van der Waals surface area contributed by atoms with Crippen molar-refractivity contribution in [3.8, 4) is 0 Å². The Kier molecular flexibility index (Phi) is 4.30. The fourth-order valence-electron chi connectivity index (χ4n) is 1.68. The van der Waals surface area contributed by atoms with E-state index >= 15 is 0 Å². The molecule has 2 aromatic rings. The Labute approximate surface area is 121 Å². The van der Waals surface area contributed by atoms with Crippen molar-refractivity contribution < 1.29 is 4.79 Å². The van der Waals surface area contributed by atoms with Crippen LogP contribution in [0.25, 0.3) is 0 Å². The molecule has 0 radical (unpaired) electrons. The summed E-state index contributed by atoms with van der Waals surface area (Å²) in [7, 11) is 0. The normalized spacial score (nSPS) is 10.2. The maximum absolute atomic E-state index is 11.2. The minimum Gasteiger partial charge on any atom is -0.381 e. The van der Waals surface area contributed by atoms with Gasteiger partial charge in [-0.15, -0.1) is 0 Å². The lowest BCUT2D eigenvalue weighted by Crippen LogP contribution is -2.12. The predicted molar refractivity (Wildman–Crippen MR) is 78.7 cm³/mol. The zero-order valence-electron chi connectivity index (χ0n) is 9.99. The van der Waals surface area contributed by atoms with Gasteiger partial charge in [-0.05, 0) is 35.9 Å². The van der Waals surface area contributed by atoms with Crippen LogP contribution in [0.15, 0.2) is 42.5 Å². The van der Waals surface area contributed by atoms with E-state index in [9.17, 15) is 4.79 Å². The molecule has 3 nitrogen and oxygen atoms in total. The Balaban J connectivity index is 2.12. The van der Waals surface area contributed by atoms with Crippen LogP contribution in [0.5, 0.6) is 0 Å². The summed E-state index contributed by atoms with van der Waals surface area (Å²) in [5.74, 6) is -0.545. The molecule has 0 saturated heterocycles. The number of anilines is 1. The number of nitrogens with two attached hydrogens (primary N) is 1. The van der Waals surface area contributed by atoms with Crippen LogP contribution >= 0.6 is 23.2 Å². The van der Waals surface area contributed by atoms with Gasteiger partial charge in [-0.1, -0.05) is 35.3 Å². The van der Waals surface area contributed by atoms with Crippen LogP contribution < -0.4 is 11.1 Å². The van der Waals surface area contributed by atoms with E-state index in [1.165, 1.54) is 0 Å². The quantitative estimate of drug-likeness (QED) is 0.903. The lowest BCUT2D eigenvalue weighted by atomic mass is 10.1. The van der Waals surface area contributed by atoms with Gasteiger partial charge in [0.05, 0.1) is 10.6 Å². The highest BCUT2D eigenvalue weighted by Crippen LogP contribution is 2.21. The van der Waals surface area contributed by atoms with E-state index in [1.807, 2.05) is 24.3 Å². The molecule has 5 heteroatoms. The van der Waals surface area contributed by atoms with Crippen LogP contribution in [0.4, 0.5) is 5.69 Å². The zero-order valence-corrected chi connectivity index (χ0v) is 11.5. The molecule has 0 spiro atoms. The van der Waals surface area contributed by atoms with Gasteiger partial charge in [-0.25, -0.2) is 0 Å². The number of halogens is 2. The second kappa shape index (κ2) is 5.95. The second-order valence-electron chi connectivity index (χ2n) is 4.04. The third-order valence-corrected chi connectivity index (χ3v) is 3.18. The van der Waals surface area contributed by atoms with E-state index < -0.39 is 5.91 Å². The van der Waals surface area contributed by atoms with Gasteiger partial charge < -0.3 is 11.1 Å². The SMILES string of the molecule is NC(=O)c1cc(NCc2cccc(Cl)c2)ccc1Cl. The number of amides is 1. The van der Waals surface area contributed by atoms with Gasteiger partial charge in [0.1, 0.15) is 0 Å². The molecule has 0 atom stereocenters. The highest BCUT2D eigenvalue weighted by molar-refractivity contribution is 6.33. The van der Waals surface area contributed by atoms with Crippen molar-refractivity contribution in [2.24, 2.45) is 5.73 Å². The average molecular weight is 295 g/mol. The van der Waals surface area contributed by atoms with E-state index in [1.54, 1.807) is 18.2 Å². The molecule has 0 saturated carbocycles. The summed E-state index contributed by atoms with van der Waals surface area (Å²) < 4.78 is 0. The Bertz CT molecular complexity index is 614. The first-order chi connectivity index (χ1) is 9.06. The number of nitrogens with one attached hydrogen (secondary N) is 1. The zero-order chi connectivity index (χ0) is 13.8. The summed E-state index contributed by atoms with van der Waals surface area (Å²) in [4.78, 5) is 11.2. The molecule has 1 amide bonds. The molecule has 0 unspecified atom stereocenters. The van der Waals surface area contributed by atoms with Crippen molar-refractivity contribution in [3.05, 3.63) is 63.6 Å². The van der Waals surface area contributed by atoms with Gasteiger partial charge in [-0.3, -0.25) is 4.79 Å². The molecule has 3 N–H and O–H groups in total. The fourth-order valence-corrected chi connectivity index (χ4v) is 2.10.